The van der Waals surface area contributed by atoms with Gasteiger partial charge in [-0.3, -0.25) is 14.9 Å². The summed E-state index contributed by atoms with van der Waals surface area (Å²) >= 11 is 0. The smallest absolute Gasteiger partial charge is 0.412 e. The maximum Gasteiger partial charge on any atom is 0.412 e. The second-order valence-electron chi connectivity index (χ2n) is 11.1. The first-order chi connectivity index (χ1) is 20.9. The summed E-state index contributed by atoms with van der Waals surface area (Å²) in [6, 6.07) is 20.6. The van der Waals surface area contributed by atoms with Gasteiger partial charge in [0.05, 0.1) is 11.4 Å². The molecule has 3 aromatic carbocycles. The van der Waals surface area contributed by atoms with Gasteiger partial charge in [-0.1, -0.05) is 36.4 Å². The van der Waals surface area contributed by atoms with Crippen molar-refractivity contribution in [2.75, 3.05) is 36.4 Å². The van der Waals surface area contributed by atoms with Crippen molar-refractivity contribution in [3.63, 3.8) is 0 Å². The lowest BCUT2D eigenvalue weighted by molar-refractivity contribution is 0.0766. The second-order valence-corrected chi connectivity index (χ2v) is 11.1. The minimum atomic E-state index is -0.637. The molecule has 5 rings (SSSR count). The Morgan fingerprint density at radius 3 is 2.42 bits per heavy atom. The number of benzene rings is 3. The molecule has 2 fully saturated rings. The number of hydrogen-bond donors (Lipinski definition) is 3. The Morgan fingerprint density at radius 1 is 0.860 bits per heavy atom. The number of halogens is 1. The fourth-order valence-corrected chi connectivity index (χ4v) is 5.62. The lowest BCUT2D eigenvalue weighted by Crippen LogP contribution is -2.40. The Hall–Kier alpha value is -4.44. The van der Waals surface area contributed by atoms with Crippen molar-refractivity contribution in [2.45, 2.75) is 50.8 Å². The Labute approximate surface area is 251 Å². The highest BCUT2D eigenvalue weighted by Crippen LogP contribution is 2.29. The molecule has 0 atom stereocenters. The van der Waals surface area contributed by atoms with Crippen molar-refractivity contribution in [1.29, 1.82) is 0 Å². The first-order valence-corrected chi connectivity index (χ1v) is 14.8. The van der Waals surface area contributed by atoms with E-state index >= 15 is 0 Å². The highest BCUT2D eigenvalue weighted by Gasteiger charge is 2.25. The summed E-state index contributed by atoms with van der Waals surface area (Å²) in [6.45, 7) is 2.14. The van der Waals surface area contributed by atoms with Gasteiger partial charge in [-0.25, -0.2) is 9.18 Å². The summed E-state index contributed by atoms with van der Waals surface area (Å²) in [7, 11) is 0. The molecule has 0 aromatic heterocycles. The molecule has 1 saturated carbocycles. The van der Waals surface area contributed by atoms with Crippen LogP contribution in [0.15, 0.2) is 72.8 Å². The van der Waals surface area contributed by atoms with Crippen LogP contribution in [-0.2, 0) is 11.3 Å². The van der Waals surface area contributed by atoms with Gasteiger partial charge in [0.1, 0.15) is 12.4 Å². The molecule has 3 amide bonds. The maximum atomic E-state index is 13.7. The maximum absolute atomic E-state index is 13.7. The molecule has 10 heteroatoms. The Kier molecular flexibility index (Phi) is 9.88. The molecule has 1 aliphatic heterocycles. The van der Waals surface area contributed by atoms with Crippen LogP contribution in [0.25, 0.3) is 0 Å². The second kappa shape index (κ2) is 14.2. The van der Waals surface area contributed by atoms with Crippen LogP contribution in [0.2, 0.25) is 0 Å². The molecule has 0 spiro atoms. The number of nitrogens with two attached hydrogens (primary N) is 1. The highest BCUT2D eigenvalue weighted by molar-refractivity contribution is 5.99. The molecular formula is C33H38FN5O4. The van der Waals surface area contributed by atoms with Crippen LogP contribution in [0.4, 0.5) is 20.6 Å². The number of anilines is 2. The van der Waals surface area contributed by atoms with Crippen LogP contribution in [-0.4, -0.2) is 61.1 Å². The van der Waals surface area contributed by atoms with Gasteiger partial charge < -0.3 is 25.6 Å². The van der Waals surface area contributed by atoms with Crippen LogP contribution in [0, 0.1) is 5.82 Å². The van der Waals surface area contributed by atoms with Gasteiger partial charge >= 0.3 is 6.09 Å². The molecule has 0 bridgehead atoms. The number of nitrogens with one attached hydrogen (secondary N) is 2. The fraction of sp³-hybridized carbons (Fsp3) is 0.364. The first-order valence-electron chi connectivity index (χ1n) is 14.8. The lowest BCUT2D eigenvalue weighted by atomic mass is 9.91. The zero-order chi connectivity index (χ0) is 30.2. The summed E-state index contributed by atoms with van der Waals surface area (Å²) in [5, 5.41) is 5.95. The number of carbonyl (C=O) groups is 3. The van der Waals surface area contributed by atoms with Crippen LogP contribution in [0.5, 0.6) is 0 Å². The van der Waals surface area contributed by atoms with Crippen molar-refractivity contribution in [2.24, 2.45) is 5.73 Å². The number of amides is 3. The molecule has 43 heavy (non-hydrogen) atoms. The standard InChI is InChI=1S/C33H38FN5O4/c34-26-9-4-8-25(20-26)32(41)39-17-5-16-38(18-19-39)30-15-10-24(31(40)36-28-13-11-27(35)12-14-28)21-29(30)37-33(42)43-22-23-6-2-1-3-7-23/h1-4,6-10,15,20-21,27-28H,5,11-14,16-19,22,35H2,(H,36,40)(H,37,42). The molecule has 1 saturated heterocycles. The lowest BCUT2D eigenvalue weighted by Gasteiger charge is -2.28. The number of ether oxygens (including phenoxy) is 1. The molecule has 2 aliphatic rings. The van der Waals surface area contributed by atoms with E-state index in [1.54, 1.807) is 23.1 Å². The Morgan fingerprint density at radius 2 is 1.65 bits per heavy atom. The van der Waals surface area contributed by atoms with Gasteiger partial charge in [0.15, 0.2) is 0 Å². The van der Waals surface area contributed by atoms with Gasteiger partial charge in [-0.2, -0.15) is 0 Å². The first kappa shape index (κ1) is 30.0. The quantitative estimate of drug-likeness (QED) is 0.361. The summed E-state index contributed by atoms with van der Waals surface area (Å²) < 4.78 is 19.2. The largest absolute Gasteiger partial charge is 0.444 e. The minimum Gasteiger partial charge on any atom is -0.444 e. The number of carbonyl (C=O) groups excluding carboxylic acids is 3. The summed E-state index contributed by atoms with van der Waals surface area (Å²) in [5.41, 5.74) is 8.78. The topological polar surface area (TPSA) is 117 Å². The third-order valence-corrected chi connectivity index (χ3v) is 8.01. The molecule has 4 N–H and O–H groups in total. The van der Waals surface area contributed by atoms with E-state index in [-0.39, 0.29) is 30.5 Å². The van der Waals surface area contributed by atoms with E-state index in [1.807, 2.05) is 36.4 Å². The number of nitrogens with zero attached hydrogens (tertiary/aromatic N) is 2. The van der Waals surface area contributed by atoms with E-state index in [9.17, 15) is 18.8 Å². The van der Waals surface area contributed by atoms with Crippen LogP contribution in [0.1, 0.15) is 58.4 Å². The van der Waals surface area contributed by atoms with Crippen LogP contribution in [0.3, 0.4) is 0 Å². The van der Waals surface area contributed by atoms with Crippen LogP contribution < -0.4 is 21.3 Å². The van der Waals surface area contributed by atoms with E-state index in [0.29, 0.717) is 49.4 Å². The zero-order valence-corrected chi connectivity index (χ0v) is 24.1. The third kappa shape index (κ3) is 8.10. The minimum absolute atomic E-state index is 0.0615. The van der Waals surface area contributed by atoms with E-state index in [4.69, 9.17) is 10.5 Å². The average Bonchev–Trinajstić information content (AvgIpc) is 3.27. The molecule has 9 nitrogen and oxygen atoms in total. The fourth-order valence-electron chi connectivity index (χ4n) is 5.62. The van der Waals surface area contributed by atoms with E-state index in [1.165, 1.54) is 18.2 Å². The molecule has 1 aliphatic carbocycles. The Balaban J connectivity index is 1.31. The van der Waals surface area contributed by atoms with Crippen molar-refractivity contribution in [3.8, 4) is 0 Å². The molecule has 1 heterocycles. The van der Waals surface area contributed by atoms with Crippen LogP contribution >= 0.6 is 0 Å². The molecular weight excluding hydrogens is 549 g/mol. The molecule has 0 radical (unpaired) electrons. The van der Waals surface area contributed by atoms with Gasteiger partial charge in [0.2, 0.25) is 0 Å². The third-order valence-electron chi connectivity index (χ3n) is 8.01. The predicted octanol–water partition coefficient (Wildman–Crippen LogP) is 4.93. The summed E-state index contributed by atoms with van der Waals surface area (Å²) in [6.07, 6.45) is 3.45. The monoisotopic (exact) mass is 587 g/mol. The Bertz CT molecular complexity index is 1430. The van der Waals surface area contributed by atoms with Gasteiger partial charge in [-0.15, -0.1) is 0 Å². The van der Waals surface area contributed by atoms with Gasteiger partial charge in [-0.05, 0) is 74.1 Å². The van der Waals surface area contributed by atoms with Crippen molar-refractivity contribution in [3.05, 3.63) is 95.3 Å². The SMILES string of the molecule is NC1CCC(NC(=O)c2ccc(N3CCCN(C(=O)c4cccc(F)c4)CC3)c(NC(=O)OCc3ccccc3)c2)CC1. The average molecular weight is 588 g/mol. The predicted molar refractivity (Wildman–Crippen MR) is 164 cm³/mol. The van der Waals surface area contributed by atoms with Crippen molar-refractivity contribution in [1.82, 2.24) is 10.2 Å². The highest BCUT2D eigenvalue weighted by atomic mass is 19.1. The summed E-state index contributed by atoms with van der Waals surface area (Å²) in [5.74, 6) is -0.885. The van der Waals surface area contributed by atoms with Gasteiger partial charge in [0, 0.05) is 49.4 Å². The molecule has 0 unspecified atom stereocenters. The summed E-state index contributed by atoms with van der Waals surface area (Å²) in [4.78, 5) is 42.9. The van der Waals surface area contributed by atoms with E-state index in [2.05, 4.69) is 15.5 Å². The number of rotatable bonds is 7. The number of hydrogen-bond acceptors (Lipinski definition) is 6. The molecule has 3 aromatic rings. The zero-order valence-electron chi connectivity index (χ0n) is 24.1. The normalized spacial score (nSPS) is 18.8. The molecule has 226 valence electrons. The van der Waals surface area contributed by atoms with Gasteiger partial charge in [0.25, 0.3) is 11.8 Å². The van der Waals surface area contributed by atoms with Crippen molar-refractivity contribution < 1.29 is 23.5 Å². The van der Waals surface area contributed by atoms with E-state index in [0.717, 1.165) is 36.9 Å². The van der Waals surface area contributed by atoms with Crippen molar-refractivity contribution >= 4 is 29.3 Å². The van der Waals surface area contributed by atoms with E-state index < -0.39 is 11.9 Å².